The molecule has 1 aliphatic rings. The van der Waals surface area contributed by atoms with E-state index in [1.165, 1.54) is 0 Å². The number of aromatic carboxylic acids is 1. The normalized spacial score (nSPS) is 22.2. The number of hydrogen-bond acceptors (Lipinski definition) is 4. The first-order valence-corrected chi connectivity index (χ1v) is 6.52. The van der Waals surface area contributed by atoms with Crippen LogP contribution in [-0.2, 0) is 4.74 Å². The molecule has 0 spiro atoms. The van der Waals surface area contributed by atoms with Gasteiger partial charge in [-0.2, -0.15) is 8.78 Å². The van der Waals surface area contributed by atoms with Crippen molar-refractivity contribution in [2.75, 3.05) is 0 Å². The second-order valence-electron chi connectivity index (χ2n) is 4.85. The third-order valence-corrected chi connectivity index (χ3v) is 3.37. The molecule has 0 bridgehead atoms. The zero-order valence-corrected chi connectivity index (χ0v) is 11.1. The van der Waals surface area contributed by atoms with Crippen LogP contribution in [0.4, 0.5) is 8.78 Å². The van der Waals surface area contributed by atoms with E-state index in [4.69, 9.17) is 9.52 Å². The number of carboxylic acid groups (broad SMARTS) is 1. The number of carbonyl (C=O) groups is 2. The Bertz CT molecular complexity index is 508. The summed E-state index contributed by atoms with van der Waals surface area (Å²) >= 11 is 0. The quantitative estimate of drug-likeness (QED) is 0.871. The second-order valence-corrected chi connectivity index (χ2v) is 4.85. The molecule has 0 unspecified atom stereocenters. The number of alkyl halides is 2. The van der Waals surface area contributed by atoms with Gasteiger partial charge in [0.25, 0.3) is 5.91 Å². The predicted octanol–water partition coefficient (Wildman–Crippen LogP) is 2.26. The van der Waals surface area contributed by atoms with Crippen molar-refractivity contribution >= 4 is 11.9 Å². The third-order valence-electron chi connectivity index (χ3n) is 3.37. The van der Waals surface area contributed by atoms with Gasteiger partial charge in [-0.15, -0.1) is 0 Å². The maximum Gasteiger partial charge on any atom is 0.345 e. The molecule has 0 aromatic carbocycles. The number of nitrogens with one attached hydrogen (secondary N) is 1. The average Bonchev–Trinajstić information content (AvgIpc) is 2.90. The van der Waals surface area contributed by atoms with Crippen molar-refractivity contribution in [2.45, 2.75) is 44.4 Å². The second kappa shape index (κ2) is 6.66. The van der Waals surface area contributed by atoms with Gasteiger partial charge in [0.15, 0.2) is 5.76 Å². The van der Waals surface area contributed by atoms with Gasteiger partial charge in [0.2, 0.25) is 0 Å². The molecular weight excluding hydrogens is 288 g/mol. The Morgan fingerprint density at radius 3 is 2.52 bits per heavy atom. The summed E-state index contributed by atoms with van der Waals surface area (Å²) in [5, 5.41) is 11.4. The molecule has 1 saturated carbocycles. The van der Waals surface area contributed by atoms with E-state index < -0.39 is 24.6 Å². The van der Waals surface area contributed by atoms with Crippen LogP contribution in [0.5, 0.6) is 0 Å². The maximum atomic E-state index is 12.1. The maximum absolute atomic E-state index is 12.1. The Labute approximate surface area is 119 Å². The van der Waals surface area contributed by atoms with Crippen molar-refractivity contribution in [3.8, 4) is 0 Å². The molecule has 1 fully saturated rings. The van der Waals surface area contributed by atoms with Crippen molar-refractivity contribution in [2.24, 2.45) is 0 Å². The summed E-state index contributed by atoms with van der Waals surface area (Å²) in [4.78, 5) is 22.5. The average molecular weight is 303 g/mol. The van der Waals surface area contributed by atoms with Crippen LogP contribution >= 0.6 is 0 Å². The molecule has 0 atom stereocenters. The van der Waals surface area contributed by atoms with Crippen LogP contribution in [0.2, 0.25) is 0 Å². The van der Waals surface area contributed by atoms with E-state index in [1.807, 2.05) is 0 Å². The molecule has 1 aliphatic carbocycles. The van der Waals surface area contributed by atoms with E-state index in [0.717, 1.165) is 12.3 Å². The zero-order chi connectivity index (χ0) is 15.4. The Kier molecular flexibility index (Phi) is 4.89. The Morgan fingerprint density at radius 2 is 2.00 bits per heavy atom. The van der Waals surface area contributed by atoms with Gasteiger partial charge in [0, 0.05) is 12.1 Å². The molecule has 1 amide bonds. The van der Waals surface area contributed by atoms with Gasteiger partial charge in [0.05, 0.1) is 11.7 Å². The minimum absolute atomic E-state index is 0.0849. The number of carbonyl (C=O) groups excluding carboxylic acids is 1. The van der Waals surface area contributed by atoms with Gasteiger partial charge in [-0.05, 0) is 25.7 Å². The molecule has 1 heterocycles. The van der Waals surface area contributed by atoms with Crippen LogP contribution in [0.3, 0.4) is 0 Å². The van der Waals surface area contributed by atoms with Gasteiger partial charge < -0.3 is 19.6 Å². The first-order chi connectivity index (χ1) is 9.95. The Balaban J connectivity index is 1.82. The van der Waals surface area contributed by atoms with E-state index >= 15 is 0 Å². The fourth-order valence-electron chi connectivity index (χ4n) is 2.31. The minimum Gasteiger partial charge on any atom is -0.478 e. The highest BCUT2D eigenvalue weighted by molar-refractivity contribution is 5.95. The van der Waals surface area contributed by atoms with Crippen LogP contribution in [0, 0.1) is 0 Å². The topological polar surface area (TPSA) is 88.8 Å². The standard InChI is InChI=1S/C13H15F2NO5/c14-13(15)21-9-3-1-8(2-4-9)16-11(17)10-5-7(6-20-10)12(18)19/h5-6,8-9,13H,1-4H2,(H,16,17)(H,18,19). The SMILES string of the molecule is O=C(O)c1coc(C(=O)NC2CCC(OC(F)F)CC2)c1. The lowest BCUT2D eigenvalue weighted by atomic mass is 9.93. The van der Waals surface area contributed by atoms with E-state index in [-0.39, 0.29) is 17.4 Å². The monoisotopic (exact) mass is 303 g/mol. The minimum atomic E-state index is -2.78. The lowest BCUT2D eigenvalue weighted by Gasteiger charge is -2.28. The molecule has 6 nitrogen and oxygen atoms in total. The first kappa shape index (κ1) is 15.4. The number of hydrogen-bond donors (Lipinski definition) is 2. The number of amides is 1. The van der Waals surface area contributed by atoms with E-state index in [2.05, 4.69) is 10.1 Å². The summed E-state index contributed by atoms with van der Waals surface area (Å²) in [5.41, 5.74) is -0.103. The summed E-state index contributed by atoms with van der Waals surface area (Å²) in [5.74, 6) is -1.78. The van der Waals surface area contributed by atoms with Crippen LogP contribution in [0.1, 0.15) is 46.6 Å². The summed E-state index contributed by atoms with van der Waals surface area (Å²) in [7, 11) is 0. The number of ether oxygens (including phenoxy) is 1. The van der Waals surface area contributed by atoms with Crippen molar-refractivity contribution in [3.63, 3.8) is 0 Å². The van der Waals surface area contributed by atoms with Crippen LogP contribution < -0.4 is 5.32 Å². The number of carboxylic acids is 1. The molecule has 21 heavy (non-hydrogen) atoms. The largest absolute Gasteiger partial charge is 0.478 e. The van der Waals surface area contributed by atoms with Crippen LogP contribution in [0.25, 0.3) is 0 Å². The summed E-state index contributed by atoms with van der Waals surface area (Å²) in [6.45, 7) is -2.78. The molecule has 8 heteroatoms. The highest BCUT2D eigenvalue weighted by Crippen LogP contribution is 2.23. The highest BCUT2D eigenvalue weighted by atomic mass is 19.3. The number of furan rings is 1. The molecule has 1 aromatic heterocycles. The molecule has 0 aliphatic heterocycles. The van der Waals surface area contributed by atoms with E-state index in [1.54, 1.807) is 0 Å². The third kappa shape index (κ3) is 4.25. The molecule has 0 saturated heterocycles. The lowest BCUT2D eigenvalue weighted by molar-refractivity contribution is -0.170. The fraction of sp³-hybridized carbons (Fsp3) is 0.538. The van der Waals surface area contributed by atoms with Gasteiger partial charge >= 0.3 is 12.6 Å². The highest BCUT2D eigenvalue weighted by Gasteiger charge is 2.26. The Hall–Kier alpha value is -1.96. The zero-order valence-electron chi connectivity index (χ0n) is 11.1. The summed E-state index contributed by atoms with van der Waals surface area (Å²) in [6, 6.07) is 0.983. The van der Waals surface area contributed by atoms with E-state index in [9.17, 15) is 18.4 Å². The van der Waals surface area contributed by atoms with Gasteiger partial charge in [-0.3, -0.25) is 4.79 Å². The van der Waals surface area contributed by atoms with Crippen molar-refractivity contribution in [1.29, 1.82) is 0 Å². The number of halogens is 2. The van der Waals surface area contributed by atoms with E-state index in [0.29, 0.717) is 25.7 Å². The molecule has 0 radical (unpaired) electrons. The molecule has 1 aromatic rings. The lowest BCUT2D eigenvalue weighted by Crippen LogP contribution is -2.39. The first-order valence-electron chi connectivity index (χ1n) is 6.52. The van der Waals surface area contributed by atoms with Gasteiger partial charge in [0.1, 0.15) is 6.26 Å². The molecule has 2 N–H and O–H groups in total. The van der Waals surface area contributed by atoms with Gasteiger partial charge in [-0.25, -0.2) is 4.79 Å². The molecular formula is C13H15F2NO5. The smallest absolute Gasteiger partial charge is 0.345 e. The van der Waals surface area contributed by atoms with Crippen molar-refractivity contribution in [3.05, 3.63) is 23.7 Å². The Morgan fingerprint density at radius 1 is 1.33 bits per heavy atom. The van der Waals surface area contributed by atoms with Crippen molar-refractivity contribution < 1.29 is 32.6 Å². The van der Waals surface area contributed by atoms with Crippen LogP contribution in [-0.4, -0.2) is 35.7 Å². The number of rotatable bonds is 5. The molecule has 116 valence electrons. The van der Waals surface area contributed by atoms with Crippen molar-refractivity contribution in [1.82, 2.24) is 5.32 Å². The summed E-state index contributed by atoms with van der Waals surface area (Å²) < 4.78 is 33.4. The fourth-order valence-corrected chi connectivity index (χ4v) is 2.31. The summed E-state index contributed by atoms with van der Waals surface area (Å²) in [6.07, 6.45) is 2.43. The van der Waals surface area contributed by atoms with Gasteiger partial charge in [-0.1, -0.05) is 0 Å². The predicted molar refractivity (Wildman–Crippen MR) is 66.3 cm³/mol. The molecule has 2 rings (SSSR count). The van der Waals surface area contributed by atoms with Crippen LogP contribution in [0.15, 0.2) is 16.7 Å².